The molecule has 0 fully saturated rings. The summed E-state index contributed by atoms with van der Waals surface area (Å²) in [6, 6.07) is 1.97. The highest BCUT2D eigenvalue weighted by Crippen LogP contribution is 2.08. The fourth-order valence-electron chi connectivity index (χ4n) is 1.51. The summed E-state index contributed by atoms with van der Waals surface area (Å²) in [7, 11) is 0. The Morgan fingerprint density at radius 1 is 1.56 bits per heavy atom. The molecule has 0 bridgehead atoms. The summed E-state index contributed by atoms with van der Waals surface area (Å²) in [5.74, 6) is -0.749. The number of carbonyl (C=O) groups is 1. The summed E-state index contributed by atoms with van der Waals surface area (Å²) >= 11 is 0. The Balaban J connectivity index is 2.56. The first-order valence-electron chi connectivity index (χ1n) is 5.47. The third-order valence-corrected chi connectivity index (χ3v) is 2.63. The minimum Gasteiger partial charge on any atom is -0.481 e. The standard InChI is InChI=1S/C12H18N2O2/c1-3-14(7-5-12(15)16)9-11-8-13-6-4-10(11)2/h4,6,8H,3,5,7,9H2,1-2H3,(H,15,16). The molecule has 16 heavy (non-hydrogen) atoms. The summed E-state index contributed by atoms with van der Waals surface area (Å²) in [4.78, 5) is 16.7. The third-order valence-electron chi connectivity index (χ3n) is 2.63. The topological polar surface area (TPSA) is 53.4 Å². The van der Waals surface area contributed by atoms with Crippen molar-refractivity contribution in [1.82, 2.24) is 9.88 Å². The Morgan fingerprint density at radius 3 is 2.88 bits per heavy atom. The first kappa shape index (κ1) is 12.6. The first-order valence-corrected chi connectivity index (χ1v) is 5.47. The van der Waals surface area contributed by atoms with Crippen molar-refractivity contribution in [2.24, 2.45) is 0 Å². The second-order valence-electron chi connectivity index (χ2n) is 3.81. The molecular formula is C12H18N2O2. The van der Waals surface area contributed by atoms with Crippen LogP contribution < -0.4 is 0 Å². The highest BCUT2D eigenvalue weighted by Gasteiger charge is 2.07. The molecule has 1 heterocycles. The van der Waals surface area contributed by atoms with Crippen LogP contribution in [-0.2, 0) is 11.3 Å². The molecule has 88 valence electrons. The van der Waals surface area contributed by atoms with Gasteiger partial charge >= 0.3 is 5.97 Å². The molecule has 4 heteroatoms. The van der Waals surface area contributed by atoms with Crippen molar-refractivity contribution < 1.29 is 9.90 Å². The number of aromatic nitrogens is 1. The first-order chi connectivity index (χ1) is 7.63. The molecular weight excluding hydrogens is 204 g/mol. The maximum absolute atomic E-state index is 10.5. The second kappa shape index (κ2) is 6.23. The lowest BCUT2D eigenvalue weighted by Gasteiger charge is -2.20. The predicted molar refractivity (Wildman–Crippen MR) is 62.2 cm³/mol. The zero-order valence-corrected chi connectivity index (χ0v) is 9.81. The lowest BCUT2D eigenvalue weighted by Crippen LogP contribution is -2.26. The summed E-state index contributed by atoms with van der Waals surface area (Å²) in [6.45, 7) is 6.28. The number of nitrogens with zero attached hydrogens (tertiary/aromatic N) is 2. The smallest absolute Gasteiger partial charge is 0.304 e. The van der Waals surface area contributed by atoms with Crippen LogP contribution in [0, 0.1) is 6.92 Å². The van der Waals surface area contributed by atoms with E-state index in [0.29, 0.717) is 6.54 Å². The number of rotatable bonds is 6. The molecule has 0 saturated carbocycles. The van der Waals surface area contributed by atoms with Gasteiger partial charge in [0.1, 0.15) is 0 Å². The van der Waals surface area contributed by atoms with Crippen molar-refractivity contribution in [2.45, 2.75) is 26.8 Å². The fraction of sp³-hybridized carbons (Fsp3) is 0.500. The van der Waals surface area contributed by atoms with E-state index in [2.05, 4.69) is 9.88 Å². The van der Waals surface area contributed by atoms with Gasteiger partial charge in [0.15, 0.2) is 0 Å². The maximum atomic E-state index is 10.5. The number of carboxylic acid groups (broad SMARTS) is 1. The minimum atomic E-state index is -0.749. The Labute approximate surface area is 95.9 Å². The fourth-order valence-corrected chi connectivity index (χ4v) is 1.51. The highest BCUT2D eigenvalue weighted by molar-refractivity contribution is 5.66. The van der Waals surface area contributed by atoms with Crippen molar-refractivity contribution in [1.29, 1.82) is 0 Å². The Bertz CT molecular complexity index is 353. The number of aliphatic carboxylic acids is 1. The van der Waals surface area contributed by atoms with Gasteiger partial charge in [0, 0.05) is 25.5 Å². The molecule has 0 aromatic carbocycles. The molecule has 0 amide bonds. The second-order valence-corrected chi connectivity index (χ2v) is 3.81. The van der Waals surface area contributed by atoms with E-state index in [4.69, 9.17) is 5.11 Å². The average Bonchev–Trinajstić information content (AvgIpc) is 2.26. The monoisotopic (exact) mass is 222 g/mol. The van der Waals surface area contributed by atoms with Gasteiger partial charge in [-0.3, -0.25) is 14.7 Å². The van der Waals surface area contributed by atoms with Crippen molar-refractivity contribution in [3.8, 4) is 0 Å². The molecule has 0 aliphatic heterocycles. The summed E-state index contributed by atoms with van der Waals surface area (Å²) < 4.78 is 0. The van der Waals surface area contributed by atoms with Crippen LogP contribution in [-0.4, -0.2) is 34.0 Å². The molecule has 1 aromatic rings. The van der Waals surface area contributed by atoms with Gasteiger partial charge in [-0.15, -0.1) is 0 Å². The van der Waals surface area contributed by atoms with Crippen molar-refractivity contribution in [3.63, 3.8) is 0 Å². The molecule has 0 unspecified atom stereocenters. The van der Waals surface area contributed by atoms with Gasteiger partial charge in [-0.25, -0.2) is 0 Å². The molecule has 1 aromatic heterocycles. The van der Waals surface area contributed by atoms with E-state index in [1.165, 1.54) is 5.56 Å². The number of aryl methyl sites for hydroxylation is 1. The molecule has 0 spiro atoms. The van der Waals surface area contributed by atoms with Gasteiger partial charge in [-0.1, -0.05) is 6.92 Å². The normalized spacial score (nSPS) is 10.7. The zero-order valence-electron chi connectivity index (χ0n) is 9.81. The van der Waals surface area contributed by atoms with Gasteiger partial charge in [0.2, 0.25) is 0 Å². The predicted octanol–water partition coefficient (Wildman–Crippen LogP) is 1.69. The largest absolute Gasteiger partial charge is 0.481 e. The molecule has 0 aliphatic carbocycles. The zero-order chi connectivity index (χ0) is 12.0. The van der Waals surface area contributed by atoms with Crippen LogP contribution in [0.3, 0.4) is 0 Å². The van der Waals surface area contributed by atoms with Gasteiger partial charge in [-0.05, 0) is 30.7 Å². The van der Waals surface area contributed by atoms with Crippen LogP contribution in [0.2, 0.25) is 0 Å². The van der Waals surface area contributed by atoms with Gasteiger partial charge < -0.3 is 5.11 Å². The van der Waals surface area contributed by atoms with Crippen LogP contribution >= 0.6 is 0 Å². The Morgan fingerprint density at radius 2 is 2.31 bits per heavy atom. The van der Waals surface area contributed by atoms with E-state index >= 15 is 0 Å². The third kappa shape index (κ3) is 3.98. The average molecular weight is 222 g/mol. The van der Waals surface area contributed by atoms with Gasteiger partial charge in [0.25, 0.3) is 0 Å². The minimum absolute atomic E-state index is 0.188. The molecule has 0 aliphatic rings. The van der Waals surface area contributed by atoms with Crippen LogP contribution in [0.15, 0.2) is 18.5 Å². The van der Waals surface area contributed by atoms with E-state index in [1.54, 1.807) is 6.20 Å². The molecule has 1 rings (SSSR count). The molecule has 0 saturated heterocycles. The lowest BCUT2D eigenvalue weighted by atomic mass is 10.1. The Kier molecular flexibility index (Phi) is 4.92. The van der Waals surface area contributed by atoms with Crippen molar-refractivity contribution in [3.05, 3.63) is 29.6 Å². The van der Waals surface area contributed by atoms with E-state index in [-0.39, 0.29) is 6.42 Å². The van der Waals surface area contributed by atoms with Crippen molar-refractivity contribution in [2.75, 3.05) is 13.1 Å². The van der Waals surface area contributed by atoms with E-state index in [1.807, 2.05) is 26.1 Å². The van der Waals surface area contributed by atoms with Crippen LogP contribution in [0.5, 0.6) is 0 Å². The van der Waals surface area contributed by atoms with Crippen LogP contribution in [0.4, 0.5) is 0 Å². The summed E-state index contributed by atoms with van der Waals surface area (Å²) in [5, 5.41) is 8.64. The van der Waals surface area contributed by atoms with Crippen molar-refractivity contribution >= 4 is 5.97 Å². The maximum Gasteiger partial charge on any atom is 0.304 e. The van der Waals surface area contributed by atoms with Gasteiger partial charge in [-0.2, -0.15) is 0 Å². The van der Waals surface area contributed by atoms with E-state index < -0.39 is 5.97 Å². The van der Waals surface area contributed by atoms with E-state index in [9.17, 15) is 4.79 Å². The molecule has 0 radical (unpaired) electrons. The van der Waals surface area contributed by atoms with Crippen LogP contribution in [0.1, 0.15) is 24.5 Å². The highest BCUT2D eigenvalue weighted by atomic mass is 16.4. The van der Waals surface area contributed by atoms with Crippen LogP contribution in [0.25, 0.3) is 0 Å². The number of hydrogen-bond acceptors (Lipinski definition) is 3. The summed E-state index contributed by atoms with van der Waals surface area (Å²) in [6.07, 6.45) is 3.80. The number of pyridine rings is 1. The van der Waals surface area contributed by atoms with E-state index in [0.717, 1.165) is 18.7 Å². The Hall–Kier alpha value is -1.42. The summed E-state index contributed by atoms with van der Waals surface area (Å²) in [5.41, 5.74) is 2.36. The molecule has 4 nitrogen and oxygen atoms in total. The molecule has 1 N–H and O–H groups in total. The molecule has 0 atom stereocenters. The van der Waals surface area contributed by atoms with Gasteiger partial charge in [0.05, 0.1) is 6.42 Å². The lowest BCUT2D eigenvalue weighted by molar-refractivity contribution is -0.137. The number of hydrogen-bond donors (Lipinski definition) is 1. The SMILES string of the molecule is CCN(CCC(=O)O)Cc1cnccc1C. The quantitative estimate of drug-likeness (QED) is 0.795. The number of carboxylic acids is 1.